The molecule has 2 aromatic heterocycles. The van der Waals surface area contributed by atoms with Crippen LogP contribution < -0.4 is 4.74 Å². The Bertz CT molecular complexity index is 986. The lowest BCUT2D eigenvalue weighted by atomic mass is 10.1. The molecule has 0 saturated carbocycles. The molecule has 25 heavy (non-hydrogen) atoms. The van der Waals surface area contributed by atoms with E-state index in [2.05, 4.69) is 35.2 Å². The molecule has 0 fully saturated rings. The lowest BCUT2D eigenvalue weighted by Gasteiger charge is -2.03. The molecular weight excluding hydrogens is 334 g/mol. The first kappa shape index (κ1) is 15.9. The van der Waals surface area contributed by atoms with E-state index in [0.717, 1.165) is 33.5 Å². The smallest absolute Gasteiger partial charge is 0.157 e. The van der Waals surface area contributed by atoms with Crippen molar-refractivity contribution >= 4 is 34.7 Å². The van der Waals surface area contributed by atoms with E-state index in [4.69, 9.17) is 16.3 Å². The van der Waals surface area contributed by atoms with Crippen LogP contribution in [-0.2, 0) is 6.54 Å². The Balaban J connectivity index is 1.76. The van der Waals surface area contributed by atoms with E-state index in [1.165, 1.54) is 0 Å². The number of hydrogen-bond acceptors (Lipinski definition) is 3. The summed E-state index contributed by atoms with van der Waals surface area (Å²) in [6.07, 6.45) is 10.5. The van der Waals surface area contributed by atoms with Gasteiger partial charge in [0.2, 0.25) is 0 Å². The van der Waals surface area contributed by atoms with E-state index >= 15 is 0 Å². The van der Waals surface area contributed by atoms with Crippen LogP contribution in [0.3, 0.4) is 0 Å². The number of pyridine rings is 1. The Labute approximate surface area is 151 Å². The molecule has 4 nitrogen and oxygen atoms in total. The number of aromatic nitrogens is 3. The summed E-state index contributed by atoms with van der Waals surface area (Å²) in [7, 11) is 1.67. The summed E-state index contributed by atoms with van der Waals surface area (Å²) in [6, 6.07) is 7.98. The molecule has 0 bridgehead atoms. The van der Waals surface area contributed by atoms with Gasteiger partial charge in [0, 0.05) is 17.1 Å². The fourth-order valence-corrected chi connectivity index (χ4v) is 3.21. The van der Waals surface area contributed by atoms with Crippen LogP contribution in [0.2, 0.25) is 5.15 Å². The summed E-state index contributed by atoms with van der Waals surface area (Å²) in [5.74, 6) is 1.22. The predicted octanol–water partition coefficient (Wildman–Crippen LogP) is 4.82. The van der Waals surface area contributed by atoms with Crippen LogP contribution in [0.25, 0.3) is 23.1 Å². The molecule has 126 valence electrons. The minimum atomic E-state index is 0.373. The number of fused-ring (bicyclic) bond motifs is 3. The van der Waals surface area contributed by atoms with Crippen molar-refractivity contribution in [3.63, 3.8) is 0 Å². The van der Waals surface area contributed by atoms with Gasteiger partial charge in [0.05, 0.1) is 19.3 Å². The summed E-state index contributed by atoms with van der Waals surface area (Å²) in [4.78, 5) is 4.51. The van der Waals surface area contributed by atoms with Crippen LogP contribution in [0.15, 0.2) is 42.6 Å². The maximum absolute atomic E-state index is 6.38. The summed E-state index contributed by atoms with van der Waals surface area (Å²) < 4.78 is 7.11. The standard InChI is InChI=1S/C20H18ClN3O/c1-13-3-9-16-17-12-24(11-14-5-7-15(25-2)8-6-14)23-19(17)20(21)22-18(16)10-4-13/h3-10,12-13H,11H2,1-2H3. The monoisotopic (exact) mass is 351 g/mol. The lowest BCUT2D eigenvalue weighted by molar-refractivity contribution is 0.414. The number of hydrogen-bond donors (Lipinski definition) is 0. The Kier molecular flexibility index (Phi) is 4.06. The molecule has 1 aliphatic carbocycles. The molecule has 1 atom stereocenters. The molecule has 5 heteroatoms. The van der Waals surface area contributed by atoms with Gasteiger partial charge in [-0.2, -0.15) is 5.10 Å². The number of rotatable bonds is 3. The molecule has 1 aromatic carbocycles. The zero-order chi connectivity index (χ0) is 17.4. The molecule has 0 amide bonds. The van der Waals surface area contributed by atoms with Gasteiger partial charge in [-0.1, -0.05) is 48.9 Å². The van der Waals surface area contributed by atoms with Gasteiger partial charge in [-0.3, -0.25) is 4.68 Å². The molecule has 3 aromatic rings. The van der Waals surface area contributed by atoms with Crippen LogP contribution in [0.1, 0.15) is 23.7 Å². The van der Waals surface area contributed by atoms with E-state index in [-0.39, 0.29) is 0 Å². The quantitative estimate of drug-likeness (QED) is 0.635. The molecule has 1 unspecified atom stereocenters. The first-order valence-corrected chi connectivity index (χ1v) is 8.58. The number of ether oxygens (including phenoxy) is 1. The van der Waals surface area contributed by atoms with Crippen molar-refractivity contribution < 1.29 is 4.74 Å². The minimum absolute atomic E-state index is 0.373. The fraction of sp³-hybridized carbons (Fsp3) is 0.200. The maximum Gasteiger partial charge on any atom is 0.157 e. The molecular formula is C20H18ClN3O. The van der Waals surface area contributed by atoms with Crippen molar-refractivity contribution in [3.05, 3.63) is 64.6 Å². The Morgan fingerprint density at radius 2 is 1.92 bits per heavy atom. The summed E-state index contributed by atoms with van der Waals surface area (Å²) >= 11 is 6.38. The second-order valence-electron chi connectivity index (χ2n) is 6.22. The summed E-state index contributed by atoms with van der Waals surface area (Å²) in [6.45, 7) is 2.81. The average Bonchev–Trinajstić information content (AvgIpc) is 2.95. The Morgan fingerprint density at radius 1 is 1.16 bits per heavy atom. The van der Waals surface area contributed by atoms with Crippen molar-refractivity contribution in [2.45, 2.75) is 13.5 Å². The number of allylic oxidation sites excluding steroid dienone is 2. The molecule has 0 radical (unpaired) electrons. The highest BCUT2D eigenvalue weighted by Crippen LogP contribution is 2.30. The minimum Gasteiger partial charge on any atom is -0.497 e. The van der Waals surface area contributed by atoms with Crippen LogP contribution in [0.5, 0.6) is 5.75 Å². The average molecular weight is 352 g/mol. The molecule has 4 rings (SSSR count). The van der Waals surface area contributed by atoms with E-state index in [1.54, 1.807) is 7.11 Å². The van der Waals surface area contributed by atoms with Gasteiger partial charge in [-0.15, -0.1) is 0 Å². The van der Waals surface area contributed by atoms with E-state index in [0.29, 0.717) is 17.6 Å². The van der Waals surface area contributed by atoms with Crippen molar-refractivity contribution in [2.75, 3.05) is 7.11 Å². The molecule has 0 saturated heterocycles. The van der Waals surface area contributed by atoms with Gasteiger partial charge in [0.25, 0.3) is 0 Å². The Morgan fingerprint density at radius 3 is 2.68 bits per heavy atom. The van der Waals surface area contributed by atoms with Crippen molar-refractivity contribution in [1.82, 2.24) is 14.8 Å². The fourth-order valence-electron chi connectivity index (χ4n) is 2.98. The van der Waals surface area contributed by atoms with E-state index < -0.39 is 0 Å². The van der Waals surface area contributed by atoms with Gasteiger partial charge < -0.3 is 4.74 Å². The van der Waals surface area contributed by atoms with Gasteiger partial charge >= 0.3 is 0 Å². The summed E-state index contributed by atoms with van der Waals surface area (Å²) in [5.41, 5.74) is 3.84. The normalized spacial score (nSPS) is 16.0. The third kappa shape index (κ3) is 3.05. The van der Waals surface area contributed by atoms with Crippen LogP contribution in [0, 0.1) is 5.92 Å². The predicted molar refractivity (Wildman–Crippen MR) is 102 cm³/mol. The highest BCUT2D eigenvalue weighted by atomic mass is 35.5. The number of nitrogens with zero attached hydrogens (tertiary/aromatic N) is 3. The van der Waals surface area contributed by atoms with Gasteiger partial charge in [-0.05, 0) is 29.7 Å². The number of halogens is 1. The first-order chi connectivity index (χ1) is 12.1. The zero-order valence-corrected chi connectivity index (χ0v) is 14.9. The zero-order valence-electron chi connectivity index (χ0n) is 14.1. The third-order valence-corrected chi connectivity index (χ3v) is 4.63. The lowest BCUT2D eigenvalue weighted by Crippen LogP contribution is -1.99. The molecule has 1 aliphatic rings. The highest BCUT2D eigenvalue weighted by Gasteiger charge is 2.15. The van der Waals surface area contributed by atoms with Crippen LogP contribution >= 0.6 is 11.6 Å². The van der Waals surface area contributed by atoms with E-state index in [9.17, 15) is 0 Å². The second-order valence-corrected chi connectivity index (χ2v) is 6.57. The van der Waals surface area contributed by atoms with Crippen LogP contribution in [-0.4, -0.2) is 21.9 Å². The highest BCUT2D eigenvalue weighted by molar-refractivity contribution is 6.34. The topological polar surface area (TPSA) is 39.9 Å². The van der Waals surface area contributed by atoms with Gasteiger partial charge in [0.15, 0.2) is 5.15 Å². The molecule has 0 aliphatic heterocycles. The first-order valence-electron chi connectivity index (χ1n) is 8.20. The molecule has 0 spiro atoms. The summed E-state index contributed by atoms with van der Waals surface area (Å²) in [5, 5.41) is 6.11. The van der Waals surface area contributed by atoms with Gasteiger partial charge in [-0.25, -0.2) is 4.98 Å². The molecule has 0 N–H and O–H groups in total. The largest absolute Gasteiger partial charge is 0.497 e. The Hall–Kier alpha value is -2.59. The third-order valence-electron chi connectivity index (χ3n) is 4.37. The molecule has 2 heterocycles. The van der Waals surface area contributed by atoms with Crippen molar-refractivity contribution in [2.24, 2.45) is 5.92 Å². The number of methoxy groups -OCH3 is 1. The SMILES string of the molecule is COc1ccc(Cn2cc3c4c(nc(Cl)c3n2)C=CC(C)C=C4)cc1. The van der Waals surface area contributed by atoms with E-state index in [1.807, 2.05) is 41.2 Å². The van der Waals surface area contributed by atoms with Crippen molar-refractivity contribution in [1.29, 1.82) is 0 Å². The maximum atomic E-state index is 6.38. The second kappa shape index (κ2) is 6.37. The number of benzene rings is 1. The van der Waals surface area contributed by atoms with Crippen LogP contribution in [0.4, 0.5) is 0 Å². The van der Waals surface area contributed by atoms with Crippen molar-refractivity contribution in [3.8, 4) is 5.75 Å². The van der Waals surface area contributed by atoms with Gasteiger partial charge in [0.1, 0.15) is 11.3 Å².